The Morgan fingerprint density at radius 3 is 2.53 bits per heavy atom. The van der Waals surface area contributed by atoms with Crippen LogP contribution >= 0.6 is 0 Å². The number of carbonyl (C=O) groups excluding carboxylic acids is 1. The highest BCUT2D eigenvalue weighted by atomic mass is 16.5. The van der Waals surface area contributed by atoms with Gasteiger partial charge in [0.15, 0.2) is 5.78 Å². The van der Waals surface area contributed by atoms with E-state index in [2.05, 4.69) is 4.98 Å². The van der Waals surface area contributed by atoms with Crippen molar-refractivity contribution in [1.29, 1.82) is 0 Å². The maximum absolute atomic E-state index is 12.5. The van der Waals surface area contributed by atoms with Crippen molar-refractivity contribution in [3.63, 3.8) is 0 Å². The average Bonchev–Trinajstić information content (AvgIpc) is 2.46. The summed E-state index contributed by atoms with van der Waals surface area (Å²) in [5.41, 5.74) is 1.77. The highest BCUT2D eigenvalue weighted by Crippen LogP contribution is 2.27. The third kappa shape index (κ3) is 2.57. The smallest absolute Gasteiger partial charge is 0.198 e. The average molecular weight is 257 g/mol. The molecule has 0 N–H and O–H groups in total. The largest absolute Gasteiger partial charge is 0.497 e. The van der Waals surface area contributed by atoms with Gasteiger partial charge in [-0.3, -0.25) is 9.78 Å². The van der Waals surface area contributed by atoms with Crippen LogP contribution in [-0.2, 0) is 0 Å². The van der Waals surface area contributed by atoms with Crippen LogP contribution in [0.25, 0.3) is 0 Å². The van der Waals surface area contributed by atoms with Crippen molar-refractivity contribution >= 4 is 5.78 Å². The van der Waals surface area contributed by atoms with Gasteiger partial charge in [0.1, 0.15) is 11.5 Å². The Balaban J connectivity index is 2.47. The van der Waals surface area contributed by atoms with Gasteiger partial charge in [-0.1, -0.05) is 0 Å². The Hall–Kier alpha value is -2.36. The van der Waals surface area contributed by atoms with Crippen LogP contribution < -0.4 is 9.47 Å². The highest BCUT2D eigenvalue weighted by molar-refractivity contribution is 6.11. The van der Waals surface area contributed by atoms with Crippen LogP contribution in [0.4, 0.5) is 0 Å². The molecule has 0 aliphatic carbocycles. The van der Waals surface area contributed by atoms with E-state index in [9.17, 15) is 4.79 Å². The number of hydrogen-bond donors (Lipinski definition) is 0. The SMILES string of the molecule is COc1ccc(C(=O)c2cccnc2C)c(OC)c1. The molecule has 0 atom stereocenters. The van der Waals surface area contributed by atoms with Gasteiger partial charge in [0.2, 0.25) is 0 Å². The zero-order chi connectivity index (χ0) is 13.8. The van der Waals surface area contributed by atoms with E-state index in [1.165, 1.54) is 7.11 Å². The van der Waals surface area contributed by atoms with Crippen molar-refractivity contribution in [3.05, 3.63) is 53.3 Å². The zero-order valence-corrected chi connectivity index (χ0v) is 11.1. The van der Waals surface area contributed by atoms with Crippen molar-refractivity contribution in [3.8, 4) is 11.5 Å². The molecule has 2 rings (SSSR count). The summed E-state index contributed by atoms with van der Waals surface area (Å²) in [4.78, 5) is 16.6. The Morgan fingerprint density at radius 2 is 1.89 bits per heavy atom. The molecule has 0 spiro atoms. The van der Waals surface area contributed by atoms with Crippen LogP contribution in [-0.4, -0.2) is 25.0 Å². The fraction of sp³-hybridized carbons (Fsp3) is 0.200. The van der Waals surface area contributed by atoms with E-state index >= 15 is 0 Å². The molecule has 1 aromatic carbocycles. The second-order valence-corrected chi connectivity index (χ2v) is 4.03. The topological polar surface area (TPSA) is 48.4 Å². The molecule has 1 heterocycles. The van der Waals surface area contributed by atoms with E-state index in [4.69, 9.17) is 9.47 Å². The number of aryl methyl sites for hydroxylation is 1. The molecule has 1 aromatic heterocycles. The van der Waals surface area contributed by atoms with Gasteiger partial charge >= 0.3 is 0 Å². The molecule has 0 unspecified atom stereocenters. The first-order chi connectivity index (χ1) is 9.17. The normalized spacial score (nSPS) is 10.1. The van der Waals surface area contributed by atoms with Crippen LogP contribution in [0.15, 0.2) is 36.5 Å². The van der Waals surface area contributed by atoms with Crippen LogP contribution in [0.2, 0.25) is 0 Å². The molecule has 0 saturated heterocycles. The molecule has 4 nitrogen and oxygen atoms in total. The van der Waals surface area contributed by atoms with Crippen LogP contribution in [0.5, 0.6) is 11.5 Å². The van der Waals surface area contributed by atoms with Crippen LogP contribution in [0.3, 0.4) is 0 Å². The molecule has 0 aliphatic rings. The molecule has 19 heavy (non-hydrogen) atoms. The first-order valence-electron chi connectivity index (χ1n) is 5.85. The van der Waals surface area contributed by atoms with E-state index < -0.39 is 0 Å². The van der Waals surface area contributed by atoms with Gasteiger partial charge < -0.3 is 9.47 Å². The van der Waals surface area contributed by atoms with Gasteiger partial charge in [0.25, 0.3) is 0 Å². The lowest BCUT2D eigenvalue weighted by molar-refractivity contribution is 0.103. The van der Waals surface area contributed by atoms with Gasteiger partial charge in [0, 0.05) is 23.5 Å². The van der Waals surface area contributed by atoms with Crippen molar-refractivity contribution in [2.24, 2.45) is 0 Å². The molecule has 0 bridgehead atoms. The lowest BCUT2D eigenvalue weighted by Crippen LogP contribution is -2.07. The maximum atomic E-state index is 12.5. The zero-order valence-electron chi connectivity index (χ0n) is 11.1. The molecule has 4 heteroatoms. The molecular weight excluding hydrogens is 242 g/mol. The lowest BCUT2D eigenvalue weighted by Gasteiger charge is -2.10. The minimum atomic E-state index is -0.106. The lowest BCUT2D eigenvalue weighted by atomic mass is 10.0. The maximum Gasteiger partial charge on any atom is 0.198 e. The second kappa shape index (κ2) is 5.52. The highest BCUT2D eigenvalue weighted by Gasteiger charge is 2.17. The van der Waals surface area contributed by atoms with Crippen molar-refractivity contribution in [1.82, 2.24) is 4.98 Å². The Morgan fingerprint density at radius 1 is 1.11 bits per heavy atom. The Bertz CT molecular complexity index is 608. The van der Waals surface area contributed by atoms with Gasteiger partial charge in [-0.05, 0) is 31.2 Å². The Labute approximate surface area is 112 Å². The molecule has 98 valence electrons. The van der Waals surface area contributed by atoms with Crippen LogP contribution in [0.1, 0.15) is 21.6 Å². The summed E-state index contributed by atoms with van der Waals surface area (Å²) in [5.74, 6) is 1.04. The minimum Gasteiger partial charge on any atom is -0.497 e. The first-order valence-corrected chi connectivity index (χ1v) is 5.85. The van der Waals surface area contributed by atoms with Gasteiger partial charge in [-0.25, -0.2) is 0 Å². The molecule has 0 radical (unpaired) electrons. The van der Waals surface area contributed by atoms with Gasteiger partial charge in [-0.2, -0.15) is 0 Å². The van der Waals surface area contributed by atoms with Crippen molar-refractivity contribution in [2.45, 2.75) is 6.92 Å². The number of benzene rings is 1. The van der Waals surface area contributed by atoms with Crippen molar-refractivity contribution in [2.75, 3.05) is 14.2 Å². The van der Waals surface area contributed by atoms with E-state index in [1.54, 1.807) is 43.6 Å². The molecule has 0 aliphatic heterocycles. The number of aromatic nitrogens is 1. The summed E-state index contributed by atoms with van der Waals surface area (Å²) < 4.78 is 10.4. The molecule has 0 fully saturated rings. The summed E-state index contributed by atoms with van der Waals surface area (Å²) in [6, 6.07) is 8.64. The third-order valence-electron chi connectivity index (χ3n) is 2.90. The minimum absolute atomic E-state index is 0.106. The predicted molar refractivity (Wildman–Crippen MR) is 72.0 cm³/mol. The summed E-state index contributed by atoms with van der Waals surface area (Å²) >= 11 is 0. The predicted octanol–water partition coefficient (Wildman–Crippen LogP) is 2.64. The molecule has 0 saturated carbocycles. The molecule has 2 aromatic rings. The quantitative estimate of drug-likeness (QED) is 0.790. The van der Waals surface area contributed by atoms with Crippen LogP contribution in [0, 0.1) is 6.92 Å². The van der Waals surface area contributed by atoms with E-state index in [0.717, 1.165) is 0 Å². The summed E-state index contributed by atoms with van der Waals surface area (Å²) in [6.07, 6.45) is 1.66. The number of methoxy groups -OCH3 is 2. The number of ether oxygens (including phenoxy) is 2. The van der Waals surface area contributed by atoms with E-state index in [-0.39, 0.29) is 5.78 Å². The van der Waals surface area contributed by atoms with Crippen molar-refractivity contribution < 1.29 is 14.3 Å². The fourth-order valence-electron chi connectivity index (χ4n) is 1.86. The summed E-state index contributed by atoms with van der Waals surface area (Å²) in [5, 5.41) is 0. The van der Waals surface area contributed by atoms with Gasteiger partial charge in [0.05, 0.1) is 19.8 Å². The number of hydrogen-bond acceptors (Lipinski definition) is 4. The number of pyridine rings is 1. The molecular formula is C15H15NO3. The first kappa shape index (κ1) is 13.1. The molecule has 0 amide bonds. The number of nitrogens with zero attached hydrogens (tertiary/aromatic N) is 1. The van der Waals surface area contributed by atoms with Gasteiger partial charge in [-0.15, -0.1) is 0 Å². The second-order valence-electron chi connectivity index (χ2n) is 4.03. The van der Waals surface area contributed by atoms with E-state index in [0.29, 0.717) is 28.3 Å². The Kier molecular flexibility index (Phi) is 3.80. The summed E-state index contributed by atoms with van der Waals surface area (Å²) in [6.45, 7) is 1.81. The monoisotopic (exact) mass is 257 g/mol. The standard InChI is InChI=1S/C15H15NO3/c1-10-12(5-4-8-16-10)15(17)13-7-6-11(18-2)9-14(13)19-3/h4-9H,1-3H3. The fourth-order valence-corrected chi connectivity index (χ4v) is 1.86. The number of rotatable bonds is 4. The summed E-state index contributed by atoms with van der Waals surface area (Å²) in [7, 11) is 3.10. The number of ketones is 1. The van der Waals surface area contributed by atoms with E-state index in [1.807, 2.05) is 6.92 Å². The number of carbonyl (C=O) groups is 1. The third-order valence-corrected chi connectivity index (χ3v) is 2.90.